The van der Waals surface area contributed by atoms with Crippen LogP contribution >= 0.6 is 0 Å². The van der Waals surface area contributed by atoms with Gasteiger partial charge in [0.05, 0.1) is 0 Å². The molecule has 0 aliphatic carbocycles. The van der Waals surface area contributed by atoms with Gasteiger partial charge in [0, 0.05) is 18.8 Å². The summed E-state index contributed by atoms with van der Waals surface area (Å²) in [7, 11) is 0. The molecule has 1 heterocycles. The normalized spacial score (nSPS) is 19.5. The number of aliphatic hydroxyl groups is 1. The van der Waals surface area contributed by atoms with E-state index in [1.165, 1.54) is 22.4 Å². The molecule has 1 aliphatic rings. The monoisotopic (exact) mass is 205 g/mol. The molecule has 1 aromatic rings. The molecule has 82 valence electrons. The smallest absolute Gasteiger partial charge is 0.0436 e. The first-order chi connectivity index (χ1) is 7.24. The Hall–Kier alpha value is -1.02. The van der Waals surface area contributed by atoms with Crippen LogP contribution < -0.4 is 5.32 Å². The van der Waals surface area contributed by atoms with Crippen molar-refractivity contribution in [2.75, 3.05) is 18.5 Å². The predicted molar refractivity (Wildman–Crippen MR) is 63.5 cm³/mol. The van der Waals surface area contributed by atoms with Crippen molar-refractivity contribution in [3.8, 4) is 0 Å². The van der Waals surface area contributed by atoms with Crippen LogP contribution in [0.2, 0.25) is 0 Å². The second-order valence-corrected chi connectivity index (χ2v) is 4.41. The summed E-state index contributed by atoms with van der Waals surface area (Å²) in [4.78, 5) is 0. The standard InChI is InChI=1S/C13H19NO/c1-9-3-4-10(2)13-12(9)11(6-8-15)5-7-14-13/h3-4,11,14-15H,5-8H2,1-2H3. The van der Waals surface area contributed by atoms with Crippen molar-refractivity contribution in [2.45, 2.75) is 32.6 Å². The highest BCUT2D eigenvalue weighted by Gasteiger charge is 2.22. The van der Waals surface area contributed by atoms with Crippen molar-refractivity contribution in [3.63, 3.8) is 0 Å². The number of aliphatic hydroxyl groups excluding tert-OH is 1. The van der Waals surface area contributed by atoms with Crippen LogP contribution in [0, 0.1) is 13.8 Å². The summed E-state index contributed by atoms with van der Waals surface area (Å²) in [5.41, 5.74) is 5.40. The van der Waals surface area contributed by atoms with Crippen LogP contribution in [0.25, 0.3) is 0 Å². The molecular weight excluding hydrogens is 186 g/mol. The van der Waals surface area contributed by atoms with Gasteiger partial charge in [0.25, 0.3) is 0 Å². The molecule has 0 spiro atoms. The molecule has 2 nitrogen and oxygen atoms in total. The molecule has 2 heteroatoms. The fraction of sp³-hybridized carbons (Fsp3) is 0.538. The molecule has 0 saturated carbocycles. The third-order valence-corrected chi connectivity index (χ3v) is 3.35. The second-order valence-electron chi connectivity index (χ2n) is 4.41. The maximum Gasteiger partial charge on any atom is 0.0436 e. The second kappa shape index (κ2) is 4.23. The van der Waals surface area contributed by atoms with Gasteiger partial charge in [-0.25, -0.2) is 0 Å². The lowest BCUT2D eigenvalue weighted by atomic mass is 9.84. The van der Waals surface area contributed by atoms with Crippen molar-refractivity contribution >= 4 is 5.69 Å². The van der Waals surface area contributed by atoms with E-state index in [1.54, 1.807) is 0 Å². The lowest BCUT2D eigenvalue weighted by Crippen LogP contribution is -2.19. The number of hydrogen-bond acceptors (Lipinski definition) is 2. The molecule has 15 heavy (non-hydrogen) atoms. The van der Waals surface area contributed by atoms with Crippen molar-refractivity contribution in [1.29, 1.82) is 0 Å². The first-order valence-corrected chi connectivity index (χ1v) is 5.69. The summed E-state index contributed by atoms with van der Waals surface area (Å²) in [6.07, 6.45) is 2.02. The van der Waals surface area contributed by atoms with E-state index in [0.29, 0.717) is 5.92 Å². The van der Waals surface area contributed by atoms with E-state index in [4.69, 9.17) is 5.11 Å². The summed E-state index contributed by atoms with van der Waals surface area (Å²) < 4.78 is 0. The topological polar surface area (TPSA) is 32.3 Å². The van der Waals surface area contributed by atoms with E-state index in [-0.39, 0.29) is 6.61 Å². The Bertz CT molecular complexity index is 360. The van der Waals surface area contributed by atoms with Crippen LogP contribution in [0.4, 0.5) is 5.69 Å². The van der Waals surface area contributed by atoms with Gasteiger partial charge in [0.15, 0.2) is 0 Å². The average molecular weight is 205 g/mol. The molecule has 0 amide bonds. The van der Waals surface area contributed by atoms with Gasteiger partial charge in [-0.15, -0.1) is 0 Å². The van der Waals surface area contributed by atoms with Crippen LogP contribution in [0.5, 0.6) is 0 Å². The Labute approximate surface area is 91.3 Å². The third kappa shape index (κ3) is 1.86. The van der Waals surface area contributed by atoms with Crippen LogP contribution in [-0.4, -0.2) is 18.3 Å². The molecule has 1 aromatic carbocycles. The minimum absolute atomic E-state index is 0.289. The number of aryl methyl sites for hydroxylation is 2. The van der Waals surface area contributed by atoms with Gasteiger partial charge in [-0.3, -0.25) is 0 Å². The maximum atomic E-state index is 9.08. The van der Waals surface area contributed by atoms with E-state index in [1.807, 2.05) is 0 Å². The molecule has 0 radical (unpaired) electrons. The minimum atomic E-state index is 0.289. The Morgan fingerprint density at radius 3 is 2.80 bits per heavy atom. The number of rotatable bonds is 2. The Balaban J connectivity index is 2.45. The maximum absolute atomic E-state index is 9.08. The molecule has 1 unspecified atom stereocenters. The van der Waals surface area contributed by atoms with Crippen LogP contribution in [0.15, 0.2) is 12.1 Å². The summed E-state index contributed by atoms with van der Waals surface area (Å²) >= 11 is 0. The fourth-order valence-corrected chi connectivity index (χ4v) is 2.55. The molecule has 1 atom stereocenters. The fourth-order valence-electron chi connectivity index (χ4n) is 2.55. The zero-order valence-corrected chi connectivity index (χ0v) is 9.51. The van der Waals surface area contributed by atoms with Gasteiger partial charge in [0.1, 0.15) is 0 Å². The van der Waals surface area contributed by atoms with Crippen molar-refractivity contribution in [3.05, 3.63) is 28.8 Å². The summed E-state index contributed by atoms with van der Waals surface area (Å²) in [6.45, 7) is 5.63. The number of anilines is 1. The number of fused-ring (bicyclic) bond motifs is 1. The predicted octanol–water partition coefficient (Wildman–Crippen LogP) is 2.59. The van der Waals surface area contributed by atoms with E-state index >= 15 is 0 Å². The zero-order chi connectivity index (χ0) is 10.8. The van der Waals surface area contributed by atoms with Crippen molar-refractivity contribution < 1.29 is 5.11 Å². The van der Waals surface area contributed by atoms with Crippen LogP contribution in [-0.2, 0) is 0 Å². The van der Waals surface area contributed by atoms with Gasteiger partial charge in [0.2, 0.25) is 0 Å². The van der Waals surface area contributed by atoms with E-state index < -0.39 is 0 Å². The molecule has 0 fully saturated rings. The van der Waals surface area contributed by atoms with Crippen LogP contribution in [0.3, 0.4) is 0 Å². The molecular formula is C13H19NO. The molecule has 0 aromatic heterocycles. The average Bonchev–Trinajstić information content (AvgIpc) is 2.24. The van der Waals surface area contributed by atoms with Gasteiger partial charge in [-0.05, 0) is 49.3 Å². The highest BCUT2D eigenvalue weighted by atomic mass is 16.3. The lowest BCUT2D eigenvalue weighted by molar-refractivity contribution is 0.272. The van der Waals surface area contributed by atoms with Gasteiger partial charge < -0.3 is 10.4 Å². The first-order valence-electron chi connectivity index (χ1n) is 5.69. The van der Waals surface area contributed by atoms with E-state index in [9.17, 15) is 0 Å². The van der Waals surface area contributed by atoms with Gasteiger partial charge >= 0.3 is 0 Å². The van der Waals surface area contributed by atoms with Crippen molar-refractivity contribution in [1.82, 2.24) is 0 Å². The SMILES string of the molecule is Cc1ccc(C)c2c1NCCC2CCO. The summed E-state index contributed by atoms with van der Waals surface area (Å²) in [5, 5.41) is 12.6. The highest BCUT2D eigenvalue weighted by Crippen LogP contribution is 2.37. The molecule has 1 aliphatic heterocycles. The van der Waals surface area contributed by atoms with Crippen molar-refractivity contribution in [2.24, 2.45) is 0 Å². The minimum Gasteiger partial charge on any atom is -0.396 e. The van der Waals surface area contributed by atoms with E-state index in [0.717, 1.165) is 19.4 Å². The third-order valence-electron chi connectivity index (χ3n) is 3.35. The first kappa shape index (κ1) is 10.5. The Morgan fingerprint density at radius 1 is 1.33 bits per heavy atom. The highest BCUT2D eigenvalue weighted by molar-refractivity contribution is 5.62. The molecule has 0 saturated heterocycles. The van der Waals surface area contributed by atoms with Gasteiger partial charge in [-0.1, -0.05) is 12.1 Å². The largest absolute Gasteiger partial charge is 0.396 e. The van der Waals surface area contributed by atoms with Crippen LogP contribution in [0.1, 0.15) is 35.4 Å². The molecule has 2 rings (SSSR count). The molecule has 0 bridgehead atoms. The summed E-state index contributed by atoms with van der Waals surface area (Å²) in [6, 6.07) is 4.36. The molecule has 2 N–H and O–H groups in total. The number of nitrogens with one attached hydrogen (secondary N) is 1. The quantitative estimate of drug-likeness (QED) is 0.777. The van der Waals surface area contributed by atoms with Gasteiger partial charge in [-0.2, -0.15) is 0 Å². The Morgan fingerprint density at radius 2 is 2.07 bits per heavy atom. The zero-order valence-electron chi connectivity index (χ0n) is 9.51. The Kier molecular flexibility index (Phi) is 2.96. The number of benzene rings is 1. The van der Waals surface area contributed by atoms with E-state index in [2.05, 4.69) is 31.3 Å². The number of hydrogen-bond donors (Lipinski definition) is 2. The lowest BCUT2D eigenvalue weighted by Gasteiger charge is -2.29. The summed E-state index contributed by atoms with van der Waals surface area (Å²) in [5.74, 6) is 0.533.